The third-order valence-corrected chi connectivity index (χ3v) is 8.31. The van der Waals surface area contributed by atoms with Crippen molar-refractivity contribution >= 4 is 29.1 Å². The van der Waals surface area contributed by atoms with Crippen molar-refractivity contribution in [2.24, 2.45) is 5.92 Å². The first kappa shape index (κ1) is 25.1. The van der Waals surface area contributed by atoms with Gasteiger partial charge in [0.2, 0.25) is 11.8 Å². The summed E-state index contributed by atoms with van der Waals surface area (Å²) >= 11 is 1.61. The van der Waals surface area contributed by atoms with Gasteiger partial charge in [-0.1, -0.05) is 56.3 Å². The number of likely N-dealkylation sites (tertiary alicyclic amines) is 1. The molecule has 0 aliphatic carbocycles. The van der Waals surface area contributed by atoms with Gasteiger partial charge in [-0.25, -0.2) is 4.98 Å². The monoisotopic (exact) mass is 516 g/mol. The normalized spacial score (nSPS) is 17.8. The van der Waals surface area contributed by atoms with Crippen molar-refractivity contribution in [2.75, 3.05) is 6.54 Å². The second-order valence-corrected chi connectivity index (χ2v) is 11.0. The Morgan fingerprint density at radius 3 is 2.57 bits per heavy atom. The van der Waals surface area contributed by atoms with Gasteiger partial charge in [0.15, 0.2) is 0 Å². The zero-order valence-electron chi connectivity index (χ0n) is 21.4. The molecule has 3 aromatic rings. The molecule has 8 heteroatoms. The second-order valence-electron chi connectivity index (χ2n) is 10.2. The number of aryl methyl sites for hydroxylation is 1. The lowest BCUT2D eigenvalue weighted by molar-refractivity contribution is -0.143. The topological polar surface area (TPSA) is 82.6 Å². The predicted molar refractivity (Wildman–Crippen MR) is 144 cm³/mol. The van der Waals surface area contributed by atoms with Crippen LogP contribution in [0, 0.1) is 12.8 Å². The van der Waals surface area contributed by atoms with Crippen molar-refractivity contribution in [3.8, 4) is 10.4 Å². The van der Waals surface area contributed by atoms with Crippen LogP contribution in [0.25, 0.3) is 10.4 Å². The Morgan fingerprint density at radius 2 is 1.89 bits per heavy atom. The van der Waals surface area contributed by atoms with E-state index in [1.165, 1.54) is 0 Å². The molecule has 0 saturated carbocycles. The maximum Gasteiger partial charge on any atom is 0.255 e. The number of benzene rings is 2. The van der Waals surface area contributed by atoms with Crippen molar-refractivity contribution in [3.63, 3.8) is 0 Å². The quantitative estimate of drug-likeness (QED) is 0.505. The molecule has 2 aliphatic heterocycles. The number of carbonyl (C=O) groups excluding carboxylic acids is 3. The minimum atomic E-state index is -0.601. The van der Waals surface area contributed by atoms with Crippen LogP contribution < -0.4 is 5.32 Å². The highest BCUT2D eigenvalue weighted by Crippen LogP contribution is 2.30. The van der Waals surface area contributed by atoms with Crippen molar-refractivity contribution in [1.29, 1.82) is 0 Å². The molecule has 1 aromatic heterocycles. The smallest absolute Gasteiger partial charge is 0.255 e. The van der Waals surface area contributed by atoms with Gasteiger partial charge in [-0.05, 0) is 48.4 Å². The lowest BCUT2D eigenvalue weighted by Gasteiger charge is -2.35. The summed E-state index contributed by atoms with van der Waals surface area (Å²) in [4.78, 5) is 48.9. The fraction of sp³-hybridized carbons (Fsp3) is 0.379. The maximum atomic E-state index is 13.8. The van der Waals surface area contributed by atoms with Gasteiger partial charge in [0, 0.05) is 25.2 Å². The molecule has 0 spiro atoms. The fourth-order valence-electron chi connectivity index (χ4n) is 5.41. The average Bonchev–Trinajstić information content (AvgIpc) is 3.63. The van der Waals surface area contributed by atoms with Gasteiger partial charge in [0.1, 0.15) is 12.1 Å². The first-order chi connectivity index (χ1) is 17.8. The molecule has 2 aliphatic rings. The Labute approximate surface area is 221 Å². The van der Waals surface area contributed by atoms with Crippen molar-refractivity contribution in [3.05, 3.63) is 76.4 Å². The van der Waals surface area contributed by atoms with E-state index in [0.29, 0.717) is 31.6 Å². The molecule has 3 amide bonds. The lowest BCUT2D eigenvalue weighted by Crippen LogP contribution is -2.55. The molecule has 2 atom stereocenters. The van der Waals surface area contributed by atoms with Crippen LogP contribution in [-0.4, -0.2) is 51.1 Å². The van der Waals surface area contributed by atoms with E-state index < -0.39 is 12.1 Å². The highest BCUT2D eigenvalue weighted by Gasteiger charge is 2.43. The number of thiazole rings is 1. The Kier molecular flexibility index (Phi) is 7.11. The van der Waals surface area contributed by atoms with Crippen LogP contribution >= 0.6 is 11.3 Å². The van der Waals surface area contributed by atoms with Crippen LogP contribution in [0.3, 0.4) is 0 Å². The number of rotatable bonds is 7. The maximum absolute atomic E-state index is 13.8. The molecule has 1 unspecified atom stereocenters. The van der Waals surface area contributed by atoms with Gasteiger partial charge in [0.05, 0.1) is 16.1 Å². The van der Waals surface area contributed by atoms with Crippen LogP contribution in [-0.2, 0) is 22.7 Å². The SMILES string of the molecule is Cc1ncsc1-c1ccc(CNC(=O)[C@@H]2CCCN2C(=O)C(C(C)C)N2Cc3ccccc3C2=O)cc1. The molecule has 1 saturated heterocycles. The summed E-state index contributed by atoms with van der Waals surface area (Å²) in [5.41, 5.74) is 6.56. The Balaban J connectivity index is 1.25. The minimum absolute atomic E-state index is 0.0734. The van der Waals surface area contributed by atoms with Gasteiger partial charge in [-0.15, -0.1) is 11.3 Å². The number of fused-ring (bicyclic) bond motifs is 1. The van der Waals surface area contributed by atoms with E-state index in [4.69, 9.17) is 0 Å². The van der Waals surface area contributed by atoms with E-state index in [1.54, 1.807) is 21.1 Å². The zero-order valence-corrected chi connectivity index (χ0v) is 22.3. The summed E-state index contributed by atoms with van der Waals surface area (Å²) in [6.07, 6.45) is 1.39. The molecule has 1 fully saturated rings. The first-order valence-electron chi connectivity index (χ1n) is 12.8. The average molecular weight is 517 g/mol. The first-order valence-corrected chi connectivity index (χ1v) is 13.7. The largest absolute Gasteiger partial charge is 0.350 e. The number of aromatic nitrogens is 1. The summed E-state index contributed by atoms with van der Waals surface area (Å²) in [6.45, 7) is 7.26. The van der Waals surface area contributed by atoms with Crippen LogP contribution in [0.1, 0.15) is 53.9 Å². The number of hydrogen-bond acceptors (Lipinski definition) is 5. The summed E-state index contributed by atoms with van der Waals surface area (Å²) in [5, 5.41) is 3.03. The second kappa shape index (κ2) is 10.5. The molecule has 7 nitrogen and oxygen atoms in total. The minimum Gasteiger partial charge on any atom is -0.350 e. The summed E-state index contributed by atoms with van der Waals surface area (Å²) < 4.78 is 0. The lowest BCUT2D eigenvalue weighted by atomic mass is 10.0. The van der Waals surface area contributed by atoms with E-state index in [1.807, 2.05) is 74.8 Å². The molecule has 2 aromatic carbocycles. The van der Waals surface area contributed by atoms with Crippen LogP contribution in [0.15, 0.2) is 54.0 Å². The third kappa shape index (κ3) is 4.90. The van der Waals surface area contributed by atoms with Crippen LogP contribution in [0.2, 0.25) is 0 Å². The van der Waals surface area contributed by atoms with Crippen molar-refractivity contribution in [1.82, 2.24) is 20.1 Å². The molecule has 192 valence electrons. The van der Waals surface area contributed by atoms with E-state index in [0.717, 1.165) is 33.7 Å². The summed E-state index contributed by atoms with van der Waals surface area (Å²) in [7, 11) is 0. The number of amides is 3. The Morgan fingerprint density at radius 1 is 1.14 bits per heavy atom. The highest BCUT2D eigenvalue weighted by molar-refractivity contribution is 7.13. The van der Waals surface area contributed by atoms with Crippen LogP contribution in [0.4, 0.5) is 0 Å². The fourth-order valence-corrected chi connectivity index (χ4v) is 6.22. The number of nitrogens with one attached hydrogen (secondary N) is 1. The van der Waals surface area contributed by atoms with Gasteiger partial charge < -0.3 is 15.1 Å². The Hall–Kier alpha value is -3.52. The van der Waals surface area contributed by atoms with Gasteiger partial charge in [-0.3, -0.25) is 14.4 Å². The molecule has 1 N–H and O–H groups in total. The number of nitrogens with zero attached hydrogens (tertiary/aromatic N) is 3. The molecule has 5 rings (SSSR count). The van der Waals surface area contributed by atoms with Gasteiger partial charge in [0.25, 0.3) is 5.91 Å². The van der Waals surface area contributed by atoms with Gasteiger partial charge >= 0.3 is 0 Å². The van der Waals surface area contributed by atoms with Crippen molar-refractivity contribution < 1.29 is 14.4 Å². The molecule has 37 heavy (non-hydrogen) atoms. The standard InChI is InChI=1S/C29H32N4O3S/c1-18(2)25(33-16-22-7-4-5-8-23(22)28(33)35)29(36)32-14-6-9-24(32)27(34)30-15-20-10-12-21(13-11-20)26-19(3)31-17-37-26/h4-5,7-8,10-13,17-18,24-25H,6,9,14-16H2,1-3H3,(H,30,34)/t24-,25?/m0/s1. The van der Waals surface area contributed by atoms with E-state index in [2.05, 4.69) is 10.3 Å². The van der Waals surface area contributed by atoms with Gasteiger partial charge in [-0.2, -0.15) is 0 Å². The van der Waals surface area contributed by atoms with E-state index in [-0.39, 0.29) is 23.6 Å². The zero-order chi connectivity index (χ0) is 26.1. The molecular formula is C29H32N4O3S. The van der Waals surface area contributed by atoms with E-state index >= 15 is 0 Å². The predicted octanol–water partition coefficient (Wildman–Crippen LogP) is 4.41. The third-order valence-electron chi connectivity index (χ3n) is 7.34. The summed E-state index contributed by atoms with van der Waals surface area (Å²) in [6, 6.07) is 14.5. The van der Waals surface area contributed by atoms with Crippen molar-refractivity contribution in [2.45, 2.75) is 58.8 Å². The van der Waals surface area contributed by atoms with Crippen LogP contribution in [0.5, 0.6) is 0 Å². The highest BCUT2D eigenvalue weighted by atomic mass is 32.1. The molecule has 3 heterocycles. The molecule has 0 bridgehead atoms. The summed E-state index contributed by atoms with van der Waals surface area (Å²) in [5.74, 6) is -0.472. The number of hydrogen-bond donors (Lipinski definition) is 1. The molecule has 0 radical (unpaired) electrons. The molecular weight excluding hydrogens is 484 g/mol. The van der Waals surface area contributed by atoms with E-state index in [9.17, 15) is 14.4 Å². The Bertz CT molecular complexity index is 1320. The number of carbonyl (C=O) groups is 3.